The molecule has 29 heavy (non-hydrogen) atoms. The lowest BCUT2D eigenvalue weighted by Crippen LogP contribution is -2.06. The molecule has 0 atom stereocenters. The molecule has 3 aromatic heterocycles. The van der Waals surface area contributed by atoms with Crippen LogP contribution in [-0.4, -0.2) is 19.7 Å². The van der Waals surface area contributed by atoms with E-state index in [1.165, 1.54) is 18.3 Å². The maximum Gasteiger partial charge on any atom is 0.153 e. The van der Waals surface area contributed by atoms with E-state index in [9.17, 15) is 9.65 Å². The maximum atomic E-state index is 14.0. The largest absolute Gasteiger partial charge is 0.379 e. The number of pyridine rings is 2. The Morgan fingerprint density at radius 1 is 1.10 bits per heavy atom. The molecule has 0 spiro atoms. The van der Waals surface area contributed by atoms with Crippen LogP contribution in [0, 0.1) is 37.9 Å². The lowest BCUT2D eigenvalue weighted by atomic mass is 10.1. The SMILES string of the molecule is Cc1cc(C)n(-c2ccc(CNc3c(C#N)cnc4c(C)cc(F)cc34)cn2)n1. The van der Waals surface area contributed by atoms with Crippen molar-refractivity contribution in [2.24, 2.45) is 0 Å². The minimum Gasteiger partial charge on any atom is -0.379 e. The predicted octanol–water partition coefficient (Wildman–Crippen LogP) is 4.36. The van der Waals surface area contributed by atoms with Gasteiger partial charge in [-0.2, -0.15) is 10.4 Å². The average Bonchev–Trinajstić information content (AvgIpc) is 3.04. The minimum absolute atomic E-state index is 0.356. The number of hydrogen-bond donors (Lipinski definition) is 1. The Bertz CT molecular complexity index is 1250. The van der Waals surface area contributed by atoms with Gasteiger partial charge in [0.15, 0.2) is 5.82 Å². The number of benzene rings is 1. The highest BCUT2D eigenvalue weighted by atomic mass is 19.1. The number of nitrogens with one attached hydrogen (secondary N) is 1. The van der Waals surface area contributed by atoms with Gasteiger partial charge in [0.25, 0.3) is 0 Å². The van der Waals surface area contributed by atoms with Crippen LogP contribution >= 0.6 is 0 Å². The number of halogens is 1. The summed E-state index contributed by atoms with van der Waals surface area (Å²) in [6, 6.07) is 10.8. The van der Waals surface area contributed by atoms with Gasteiger partial charge in [0.2, 0.25) is 0 Å². The molecule has 0 bridgehead atoms. The number of aryl methyl sites for hydroxylation is 3. The molecule has 0 aliphatic rings. The second-order valence-corrected chi connectivity index (χ2v) is 6.99. The Morgan fingerprint density at radius 2 is 1.93 bits per heavy atom. The summed E-state index contributed by atoms with van der Waals surface area (Å²) in [5.74, 6) is 0.384. The Kier molecular flexibility index (Phi) is 4.69. The molecule has 4 aromatic rings. The van der Waals surface area contributed by atoms with E-state index in [1.807, 2.05) is 32.0 Å². The van der Waals surface area contributed by atoms with Crippen LogP contribution in [0.4, 0.5) is 10.1 Å². The zero-order valence-electron chi connectivity index (χ0n) is 16.4. The second-order valence-electron chi connectivity index (χ2n) is 6.99. The van der Waals surface area contributed by atoms with Gasteiger partial charge < -0.3 is 5.32 Å². The van der Waals surface area contributed by atoms with Crippen molar-refractivity contribution in [1.29, 1.82) is 5.26 Å². The van der Waals surface area contributed by atoms with Crippen LogP contribution in [-0.2, 0) is 6.54 Å². The number of rotatable bonds is 4. The van der Waals surface area contributed by atoms with E-state index in [-0.39, 0.29) is 5.82 Å². The smallest absolute Gasteiger partial charge is 0.153 e. The van der Waals surface area contributed by atoms with Crippen LogP contribution < -0.4 is 5.32 Å². The fraction of sp³-hybridized carbons (Fsp3) is 0.182. The van der Waals surface area contributed by atoms with Gasteiger partial charge in [-0.3, -0.25) is 4.98 Å². The van der Waals surface area contributed by atoms with Gasteiger partial charge in [-0.1, -0.05) is 6.07 Å². The highest BCUT2D eigenvalue weighted by Gasteiger charge is 2.12. The summed E-state index contributed by atoms with van der Waals surface area (Å²) in [6.45, 7) is 6.16. The van der Waals surface area contributed by atoms with Gasteiger partial charge >= 0.3 is 0 Å². The molecule has 0 aliphatic carbocycles. The first kappa shape index (κ1) is 18.6. The highest BCUT2D eigenvalue weighted by molar-refractivity contribution is 5.95. The van der Waals surface area contributed by atoms with E-state index < -0.39 is 0 Å². The van der Waals surface area contributed by atoms with Gasteiger partial charge in [0.05, 0.1) is 22.5 Å². The Balaban J connectivity index is 1.63. The topological polar surface area (TPSA) is 79.4 Å². The molecule has 7 heteroatoms. The Labute approximate surface area is 167 Å². The normalized spacial score (nSPS) is 10.9. The molecule has 0 amide bonds. The summed E-state index contributed by atoms with van der Waals surface area (Å²) in [5.41, 5.74) is 5.22. The number of fused-ring (bicyclic) bond motifs is 1. The van der Waals surface area contributed by atoms with Gasteiger partial charge in [-0.25, -0.2) is 14.1 Å². The first-order chi connectivity index (χ1) is 14.0. The Hall–Kier alpha value is -3.79. The number of hydrogen-bond acceptors (Lipinski definition) is 5. The van der Waals surface area contributed by atoms with Crippen molar-refractivity contribution < 1.29 is 4.39 Å². The van der Waals surface area contributed by atoms with Crippen molar-refractivity contribution in [1.82, 2.24) is 19.7 Å². The van der Waals surface area contributed by atoms with Crippen LogP contribution in [0.2, 0.25) is 0 Å². The van der Waals surface area contributed by atoms with Crippen molar-refractivity contribution >= 4 is 16.6 Å². The zero-order chi connectivity index (χ0) is 20.5. The molecule has 1 aromatic carbocycles. The first-order valence-corrected chi connectivity index (χ1v) is 9.17. The fourth-order valence-corrected chi connectivity index (χ4v) is 3.41. The van der Waals surface area contributed by atoms with E-state index in [1.54, 1.807) is 17.8 Å². The molecular weight excluding hydrogens is 367 g/mol. The standard InChI is InChI=1S/C22H19FN6/c1-13-6-18(23)8-19-21(13)27-12-17(9-24)22(19)26-11-16-4-5-20(25-10-16)29-15(3)7-14(2)28-29/h4-8,10,12H,11H2,1-3H3,(H,26,27). The van der Waals surface area contributed by atoms with Gasteiger partial charge in [-0.05, 0) is 56.2 Å². The molecule has 3 heterocycles. The summed E-state index contributed by atoms with van der Waals surface area (Å²) in [5, 5.41) is 17.7. The summed E-state index contributed by atoms with van der Waals surface area (Å²) in [4.78, 5) is 8.80. The van der Waals surface area contributed by atoms with E-state index in [0.29, 0.717) is 28.7 Å². The third-order valence-electron chi connectivity index (χ3n) is 4.75. The molecule has 0 unspecified atom stereocenters. The average molecular weight is 386 g/mol. The monoisotopic (exact) mass is 386 g/mol. The number of anilines is 1. The van der Waals surface area contributed by atoms with Crippen molar-refractivity contribution in [3.05, 3.63) is 76.6 Å². The molecule has 0 fully saturated rings. The predicted molar refractivity (Wildman–Crippen MR) is 109 cm³/mol. The van der Waals surface area contributed by atoms with Gasteiger partial charge in [-0.15, -0.1) is 0 Å². The summed E-state index contributed by atoms with van der Waals surface area (Å²) < 4.78 is 15.8. The molecule has 0 radical (unpaired) electrons. The molecule has 1 N–H and O–H groups in total. The third kappa shape index (κ3) is 3.52. The van der Waals surface area contributed by atoms with Crippen LogP contribution in [0.5, 0.6) is 0 Å². The summed E-state index contributed by atoms with van der Waals surface area (Å²) in [7, 11) is 0. The van der Waals surface area contributed by atoms with E-state index in [2.05, 4.69) is 26.5 Å². The van der Waals surface area contributed by atoms with Crippen LogP contribution in [0.3, 0.4) is 0 Å². The molecule has 6 nitrogen and oxygen atoms in total. The van der Waals surface area contributed by atoms with Crippen molar-refractivity contribution in [3.63, 3.8) is 0 Å². The molecule has 0 aliphatic heterocycles. The lowest BCUT2D eigenvalue weighted by molar-refractivity contribution is 0.628. The molecule has 0 saturated carbocycles. The highest BCUT2D eigenvalue weighted by Crippen LogP contribution is 2.29. The lowest BCUT2D eigenvalue weighted by Gasteiger charge is -2.13. The second kappa shape index (κ2) is 7.32. The van der Waals surface area contributed by atoms with Crippen molar-refractivity contribution in [2.45, 2.75) is 27.3 Å². The van der Waals surface area contributed by atoms with Crippen LogP contribution in [0.1, 0.15) is 28.1 Å². The fourth-order valence-electron chi connectivity index (χ4n) is 3.41. The molecule has 4 rings (SSSR count). The van der Waals surface area contributed by atoms with E-state index in [4.69, 9.17) is 0 Å². The van der Waals surface area contributed by atoms with Crippen LogP contribution in [0.15, 0.2) is 42.7 Å². The molecule has 0 saturated heterocycles. The Morgan fingerprint density at radius 3 is 2.59 bits per heavy atom. The van der Waals surface area contributed by atoms with Gasteiger partial charge in [0, 0.05) is 30.0 Å². The van der Waals surface area contributed by atoms with Crippen molar-refractivity contribution in [3.8, 4) is 11.9 Å². The quantitative estimate of drug-likeness (QED) is 0.564. The minimum atomic E-state index is -0.356. The van der Waals surface area contributed by atoms with Crippen LogP contribution in [0.25, 0.3) is 16.7 Å². The number of nitrogens with zero attached hydrogens (tertiary/aromatic N) is 5. The van der Waals surface area contributed by atoms with E-state index >= 15 is 0 Å². The third-order valence-corrected chi connectivity index (χ3v) is 4.75. The zero-order valence-corrected chi connectivity index (χ0v) is 16.4. The number of aromatic nitrogens is 4. The van der Waals surface area contributed by atoms with Crippen molar-refractivity contribution in [2.75, 3.05) is 5.32 Å². The summed E-state index contributed by atoms with van der Waals surface area (Å²) in [6.07, 6.45) is 3.28. The number of nitriles is 1. The summed E-state index contributed by atoms with van der Waals surface area (Å²) >= 11 is 0. The molecular formula is C22H19FN6. The molecule has 144 valence electrons. The maximum absolute atomic E-state index is 14.0. The van der Waals surface area contributed by atoms with Gasteiger partial charge in [0.1, 0.15) is 11.9 Å². The first-order valence-electron chi connectivity index (χ1n) is 9.17. The van der Waals surface area contributed by atoms with E-state index in [0.717, 1.165) is 28.3 Å².